The predicted molar refractivity (Wildman–Crippen MR) is 107 cm³/mol. The summed E-state index contributed by atoms with van der Waals surface area (Å²) < 4.78 is 7.43. The normalized spacial score (nSPS) is 13.2. The lowest BCUT2D eigenvalue weighted by atomic mass is 10.2. The summed E-state index contributed by atoms with van der Waals surface area (Å²) in [6.45, 7) is 0.878. The van der Waals surface area contributed by atoms with Crippen LogP contribution in [0.1, 0.15) is 35.9 Å². The Balaban J connectivity index is 1.30. The van der Waals surface area contributed by atoms with Crippen molar-refractivity contribution in [1.82, 2.24) is 25.4 Å². The van der Waals surface area contributed by atoms with Crippen LogP contribution in [0.3, 0.4) is 0 Å². The van der Waals surface area contributed by atoms with Crippen LogP contribution in [0.15, 0.2) is 58.3 Å². The fourth-order valence-electron chi connectivity index (χ4n) is 2.87. The Labute approximate surface area is 172 Å². The number of benzene rings is 1. The molecule has 1 saturated carbocycles. The van der Waals surface area contributed by atoms with E-state index in [4.69, 9.17) is 4.42 Å². The summed E-state index contributed by atoms with van der Waals surface area (Å²) in [4.78, 5) is 24.1. The second-order valence-electron chi connectivity index (χ2n) is 6.79. The maximum absolute atomic E-state index is 12.2. The Kier molecular flexibility index (Phi) is 5.95. The van der Waals surface area contributed by atoms with E-state index in [-0.39, 0.29) is 11.7 Å². The van der Waals surface area contributed by atoms with Gasteiger partial charge in [-0.05, 0) is 30.5 Å². The van der Waals surface area contributed by atoms with E-state index in [0.717, 1.165) is 30.0 Å². The van der Waals surface area contributed by atoms with Gasteiger partial charge in [-0.1, -0.05) is 42.1 Å². The molecule has 150 valence electrons. The summed E-state index contributed by atoms with van der Waals surface area (Å²) in [5, 5.41) is 14.2. The van der Waals surface area contributed by atoms with Crippen LogP contribution in [0.4, 0.5) is 4.79 Å². The largest absolute Gasteiger partial charge is 0.467 e. The van der Waals surface area contributed by atoms with Crippen LogP contribution in [-0.4, -0.2) is 32.5 Å². The van der Waals surface area contributed by atoms with Crippen molar-refractivity contribution in [3.05, 3.63) is 65.9 Å². The smallest absolute Gasteiger partial charge is 0.321 e. The number of hydrogen-bond donors (Lipinski definition) is 2. The third-order valence-electron chi connectivity index (χ3n) is 4.46. The van der Waals surface area contributed by atoms with Gasteiger partial charge in [0.05, 0.1) is 18.6 Å². The minimum Gasteiger partial charge on any atom is -0.467 e. The molecule has 1 fully saturated rings. The van der Waals surface area contributed by atoms with Crippen molar-refractivity contribution in [2.45, 2.75) is 37.0 Å². The molecule has 0 atom stereocenters. The van der Waals surface area contributed by atoms with Gasteiger partial charge in [-0.15, -0.1) is 10.2 Å². The molecule has 1 aliphatic rings. The monoisotopic (exact) mass is 411 g/mol. The molecule has 0 unspecified atom stereocenters. The lowest BCUT2D eigenvalue weighted by molar-refractivity contribution is -0.117. The van der Waals surface area contributed by atoms with Gasteiger partial charge in [0.15, 0.2) is 5.16 Å². The molecule has 9 heteroatoms. The van der Waals surface area contributed by atoms with Crippen LogP contribution >= 0.6 is 11.8 Å². The van der Waals surface area contributed by atoms with Crippen LogP contribution in [-0.2, 0) is 17.9 Å². The maximum Gasteiger partial charge on any atom is 0.321 e. The third kappa shape index (κ3) is 5.26. The van der Waals surface area contributed by atoms with Gasteiger partial charge in [0.2, 0.25) is 5.91 Å². The molecule has 2 N–H and O–H groups in total. The first-order valence-corrected chi connectivity index (χ1v) is 10.4. The molecule has 0 radical (unpaired) electrons. The number of aromatic nitrogens is 3. The van der Waals surface area contributed by atoms with Gasteiger partial charge in [0.1, 0.15) is 11.6 Å². The molecule has 4 rings (SSSR count). The van der Waals surface area contributed by atoms with Crippen molar-refractivity contribution in [3.63, 3.8) is 0 Å². The van der Waals surface area contributed by atoms with Crippen molar-refractivity contribution in [2.24, 2.45) is 0 Å². The van der Waals surface area contributed by atoms with E-state index in [1.807, 2.05) is 47.0 Å². The van der Waals surface area contributed by atoms with E-state index in [2.05, 4.69) is 20.8 Å². The average Bonchev–Trinajstić information content (AvgIpc) is 3.29. The minimum atomic E-state index is -0.518. The number of furan rings is 1. The van der Waals surface area contributed by atoms with E-state index >= 15 is 0 Å². The summed E-state index contributed by atoms with van der Waals surface area (Å²) in [7, 11) is 0. The molecule has 8 nitrogen and oxygen atoms in total. The van der Waals surface area contributed by atoms with Crippen LogP contribution in [0.25, 0.3) is 0 Å². The van der Waals surface area contributed by atoms with Crippen LogP contribution in [0.2, 0.25) is 0 Å². The van der Waals surface area contributed by atoms with E-state index in [0.29, 0.717) is 24.2 Å². The van der Waals surface area contributed by atoms with Crippen molar-refractivity contribution in [2.75, 3.05) is 5.75 Å². The summed E-state index contributed by atoms with van der Waals surface area (Å²) >= 11 is 1.26. The highest BCUT2D eigenvalue weighted by atomic mass is 32.2. The van der Waals surface area contributed by atoms with E-state index in [9.17, 15) is 9.59 Å². The summed E-state index contributed by atoms with van der Waals surface area (Å²) in [6.07, 6.45) is 3.83. The zero-order valence-corrected chi connectivity index (χ0v) is 16.5. The average molecular weight is 411 g/mol. The fraction of sp³-hybridized carbons (Fsp3) is 0.300. The topological polar surface area (TPSA) is 102 Å². The molecule has 2 heterocycles. The molecule has 1 aliphatic carbocycles. The highest BCUT2D eigenvalue weighted by molar-refractivity contribution is 7.99. The number of thioether (sulfide) groups is 1. The first kappa shape index (κ1) is 19.3. The van der Waals surface area contributed by atoms with E-state index in [1.165, 1.54) is 11.8 Å². The number of nitrogens with one attached hydrogen (secondary N) is 2. The molecule has 3 aromatic rings. The maximum atomic E-state index is 12.2. The minimum absolute atomic E-state index is 0.0692. The van der Waals surface area contributed by atoms with Crippen molar-refractivity contribution >= 4 is 23.7 Å². The number of imide groups is 1. The lowest BCUT2D eigenvalue weighted by Crippen LogP contribution is -2.40. The van der Waals surface area contributed by atoms with Gasteiger partial charge in [-0.2, -0.15) is 0 Å². The van der Waals surface area contributed by atoms with Gasteiger partial charge in [-0.3, -0.25) is 14.7 Å². The molecular formula is C20H21N5O3S. The Morgan fingerprint density at radius 1 is 1.14 bits per heavy atom. The van der Waals surface area contributed by atoms with E-state index in [1.54, 1.807) is 6.26 Å². The van der Waals surface area contributed by atoms with Crippen LogP contribution in [0, 0.1) is 0 Å². The number of amides is 3. The lowest BCUT2D eigenvalue weighted by Gasteiger charge is -2.09. The molecule has 29 heavy (non-hydrogen) atoms. The first-order valence-electron chi connectivity index (χ1n) is 9.39. The van der Waals surface area contributed by atoms with Crippen molar-refractivity contribution < 1.29 is 14.0 Å². The number of carbonyl (C=O) groups is 2. The predicted octanol–water partition coefficient (Wildman–Crippen LogP) is 2.91. The Hall–Kier alpha value is -3.07. The summed E-state index contributed by atoms with van der Waals surface area (Å²) in [5.74, 6) is 1.83. The summed E-state index contributed by atoms with van der Waals surface area (Å²) in [5.41, 5.74) is 0.961. The second kappa shape index (κ2) is 8.95. The summed E-state index contributed by atoms with van der Waals surface area (Å²) in [6, 6.07) is 12.7. The molecule has 1 aromatic carbocycles. The molecule has 0 aliphatic heterocycles. The third-order valence-corrected chi connectivity index (χ3v) is 5.43. The molecule has 0 spiro atoms. The van der Waals surface area contributed by atoms with Crippen LogP contribution in [0.5, 0.6) is 0 Å². The zero-order chi connectivity index (χ0) is 20.1. The Bertz CT molecular complexity index is 967. The molecular weight excluding hydrogens is 390 g/mol. The number of hydrogen-bond acceptors (Lipinski definition) is 6. The molecule has 0 saturated heterocycles. The van der Waals surface area contributed by atoms with Gasteiger partial charge in [-0.25, -0.2) is 4.79 Å². The SMILES string of the molecule is O=C(CSc1nnc(C2CC2)n1Cc1ccco1)NC(=O)NCc1ccccc1. The number of rotatable bonds is 8. The highest BCUT2D eigenvalue weighted by Crippen LogP contribution is 2.40. The van der Waals surface area contributed by atoms with E-state index < -0.39 is 6.03 Å². The van der Waals surface area contributed by atoms with Gasteiger partial charge in [0, 0.05) is 12.5 Å². The van der Waals surface area contributed by atoms with Gasteiger partial charge in [0.25, 0.3) is 0 Å². The highest BCUT2D eigenvalue weighted by Gasteiger charge is 2.30. The first-order chi connectivity index (χ1) is 14.2. The number of carbonyl (C=O) groups excluding carboxylic acids is 2. The van der Waals surface area contributed by atoms with Gasteiger partial charge >= 0.3 is 6.03 Å². The molecule has 0 bridgehead atoms. The molecule has 2 aromatic heterocycles. The fourth-order valence-corrected chi connectivity index (χ4v) is 3.62. The quantitative estimate of drug-likeness (QED) is 0.553. The Morgan fingerprint density at radius 3 is 2.69 bits per heavy atom. The van der Waals surface area contributed by atoms with Crippen molar-refractivity contribution in [3.8, 4) is 0 Å². The number of nitrogens with zero attached hydrogens (tertiary/aromatic N) is 3. The molecule has 3 amide bonds. The number of urea groups is 1. The Morgan fingerprint density at radius 2 is 1.97 bits per heavy atom. The standard InChI is InChI=1S/C20H21N5O3S/c26-17(22-19(27)21-11-14-5-2-1-3-6-14)13-29-20-24-23-18(15-8-9-15)25(20)12-16-7-4-10-28-16/h1-7,10,15H,8-9,11-13H2,(H2,21,22,26,27). The zero-order valence-electron chi connectivity index (χ0n) is 15.7. The van der Waals surface area contributed by atoms with Crippen LogP contribution < -0.4 is 10.6 Å². The van der Waals surface area contributed by atoms with Gasteiger partial charge < -0.3 is 9.73 Å². The second-order valence-corrected chi connectivity index (χ2v) is 7.73. The van der Waals surface area contributed by atoms with Crippen molar-refractivity contribution in [1.29, 1.82) is 0 Å².